The third-order valence-electron chi connectivity index (χ3n) is 4.81. The normalized spacial score (nSPS) is 17.9. The quantitative estimate of drug-likeness (QED) is 0.831. The highest BCUT2D eigenvalue weighted by Gasteiger charge is 2.34. The maximum absolute atomic E-state index is 13.6. The summed E-state index contributed by atoms with van der Waals surface area (Å²) in [5.41, 5.74) is 0.906. The molecular weight excluding hydrogens is 315 g/mol. The second kappa shape index (κ2) is 9.24. The number of hydrogen-bond acceptors (Lipinski definition) is 2. The van der Waals surface area contributed by atoms with E-state index in [1.54, 1.807) is 12.1 Å². The molecule has 0 saturated heterocycles. The molecule has 1 saturated carbocycles. The number of halogens is 2. The van der Waals surface area contributed by atoms with Gasteiger partial charge < -0.3 is 10.6 Å². The molecule has 1 aromatic rings. The fourth-order valence-corrected chi connectivity index (χ4v) is 3.44. The summed E-state index contributed by atoms with van der Waals surface area (Å²) < 4.78 is 13.6. The zero-order valence-electron chi connectivity index (χ0n) is 14.0. The summed E-state index contributed by atoms with van der Waals surface area (Å²) in [5.74, 6) is -0.189. The molecule has 3 nitrogen and oxygen atoms in total. The molecule has 0 aromatic heterocycles. The van der Waals surface area contributed by atoms with Gasteiger partial charge in [-0.3, -0.25) is 4.79 Å². The highest BCUT2D eigenvalue weighted by Crippen LogP contribution is 2.39. The molecule has 23 heavy (non-hydrogen) atoms. The third-order valence-corrected chi connectivity index (χ3v) is 4.81. The molecule has 0 spiro atoms. The lowest BCUT2D eigenvalue weighted by Crippen LogP contribution is -2.44. The molecule has 1 fully saturated rings. The molecule has 1 atom stereocenters. The van der Waals surface area contributed by atoms with Gasteiger partial charge in [-0.05, 0) is 37.6 Å². The zero-order chi connectivity index (χ0) is 16.0. The summed E-state index contributed by atoms with van der Waals surface area (Å²) >= 11 is 0. The van der Waals surface area contributed by atoms with E-state index < -0.39 is 0 Å². The minimum absolute atomic E-state index is 0. The van der Waals surface area contributed by atoms with Crippen LogP contribution >= 0.6 is 12.4 Å². The minimum atomic E-state index is -0.197. The molecule has 5 heteroatoms. The zero-order valence-corrected chi connectivity index (χ0v) is 14.8. The van der Waals surface area contributed by atoms with E-state index in [9.17, 15) is 9.18 Å². The molecule has 0 bridgehead atoms. The number of nitrogens with one attached hydrogen (secondary N) is 2. The topological polar surface area (TPSA) is 41.1 Å². The summed E-state index contributed by atoms with van der Waals surface area (Å²) in [6.07, 6.45) is 5.52. The van der Waals surface area contributed by atoms with Crippen molar-refractivity contribution in [2.45, 2.75) is 44.4 Å². The van der Waals surface area contributed by atoms with Crippen molar-refractivity contribution in [3.8, 4) is 0 Å². The molecule has 1 aliphatic carbocycles. The van der Waals surface area contributed by atoms with E-state index in [2.05, 4.69) is 10.6 Å². The number of carbonyl (C=O) groups is 1. The van der Waals surface area contributed by atoms with E-state index in [-0.39, 0.29) is 35.5 Å². The standard InChI is InChI=1S/C18H27FN2O.ClH/c1-14(12-20-2)17(22)21-13-18(9-4-3-5-10-18)15-7-6-8-16(19)11-15;/h6-8,11,14,20H,3-5,9-10,12-13H2,1-2H3,(H,21,22);1H. The molecular formula is C18H28ClFN2O. The van der Waals surface area contributed by atoms with Crippen molar-refractivity contribution < 1.29 is 9.18 Å². The first-order chi connectivity index (χ1) is 10.6. The van der Waals surface area contributed by atoms with Gasteiger partial charge in [-0.15, -0.1) is 12.4 Å². The highest BCUT2D eigenvalue weighted by molar-refractivity contribution is 5.85. The van der Waals surface area contributed by atoms with Crippen LogP contribution in [0.1, 0.15) is 44.6 Å². The lowest BCUT2D eigenvalue weighted by molar-refractivity contribution is -0.124. The number of amides is 1. The van der Waals surface area contributed by atoms with Crippen molar-refractivity contribution in [1.82, 2.24) is 10.6 Å². The van der Waals surface area contributed by atoms with Gasteiger partial charge in [0.15, 0.2) is 0 Å². The van der Waals surface area contributed by atoms with Crippen LogP contribution in [0.4, 0.5) is 4.39 Å². The first-order valence-electron chi connectivity index (χ1n) is 8.26. The van der Waals surface area contributed by atoms with Crippen LogP contribution in [0, 0.1) is 11.7 Å². The van der Waals surface area contributed by atoms with Gasteiger partial charge in [0.05, 0.1) is 0 Å². The van der Waals surface area contributed by atoms with E-state index in [4.69, 9.17) is 0 Å². The second-order valence-electron chi connectivity index (χ2n) is 6.53. The number of hydrogen-bond donors (Lipinski definition) is 2. The molecule has 0 heterocycles. The SMILES string of the molecule is CNCC(C)C(=O)NCC1(c2cccc(F)c2)CCCCC1.Cl. The van der Waals surface area contributed by atoms with E-state index in [1.165, 1.54) is 12.5 Å². The molecule has 0 aliphatic heterocycles. The van der Waals surface area contributed by atoms with Gasteiger partial charge in [0, 0.05) is 24.4 Å². The van der Waals surface area contributed by atoms with Crippen LogP contribution in [-0.4, -0.2) is 26.0 Å². The summed E-state index contributed by atoms with van der Waals surface area (Å²) in [6, 6.07) is 6.88. The largest absolute Gasteiger partial charge is 0.355 e. The number of rotatable bonds is 6. The molecule has 2 N–H and O–H groups in total. The van der Waals surface area contributed by atoms with Crippen LogP contribution in [0.15, 0.2) is 24.3 Å². The van der Waals surface area contributed by atoms with Gasteiger partial charge in [-0.1, -0.05) is 38.3 Å². The number of carbonyl (C=O) groups excluding carboxylic acids is 1. The van der Waals surface area contributed by atoms with Crippen LogP contribution < -0.4 is 10.6 Å². The van der Waals surface area contributed by atoms with Crippen LogP contribution in [0.2, 0.25) is 0 Å². The average Bonchev–Trinajstić information content (AvgIpc) is 2.53. The Morgan fingerprint density at radius 2 is 2.00 bits per heavy atom. The van der Waals surface area contributed by atoms with Gasteiger partial charge in [0.1, 0.15) is 5.82 Å². The van der Waals surface area contributed by atoms with Crippen molar-refractivity contribution >= 4 is 18.3 Å². The Kier molecular flexibility index (Phi) is 8.00. The predicted molar refractivity (Wildman–Crippen MR) is 94.5 cm³/mol. The molecule has 1 amide bonds. The Balaban J connectivity index is 0.00000264. The van der Waals surface area contributed by atoms with Crippen LogP contribution in [0.25, 0.3) is 0 Å². The first kappa shape index (κ1) is 19.9. The highest BCUT2D eigenvalue weighted by atomic mass is 35.5. The molecule has 1 unspecified atom stereocenters. The minimum Gasteiger partial charge on any atom is -0.355 e. The Bertz CT molecular complexity index is 504. The summed E-state index contributed by atoms with van der Waals surface area (Å²) in [6.45, 7) is 3.18. The maximum Gasteiger partial charge on any atom is 0.224 e. The maximum atomic E-state index is 13.6. The molecule has 130 valence electrons. The molecule has 1 aromatic carbocycles. The van der Waals surface area contributed by atoms with Gasteiger partial charge in [-0.2, -0.15) is 0 Å². The Morgan fingerprint density at radius 3 is 2.61 bits per heavy atom. The van der Waals surface area contributed by atoms with Gasteiger partial charge >= 0.3 is 0 Å². The molecule has 1 aliphatic rings. The van der Waals surface area contributed by atoms with E-state index in [0.717, 1.165) is 31.2 Å². The lowest BCUT2D eigenvalue weighted by atomic mass is 9.69. The smallest absolute Gasteiger partial charge is 0.224 e. The fraction of sp³-hybridized carbons (Fsp3) is 0.611. The fourth-order valence-electron chi connectivity index (χ4n) is 3.44. The Morgan fingerprint density at radius 1 is 1.30 bits per heavy atom. The summed E-state index contributed by atoms with van der Waals surface area (Å²) in [4.78, 5) is 12.2. The van der Waals surface area contributed by atoms with Crippen molar-refractivity contribution in [2.75, 3.05) is 20.1 Å². The van der Waals surface area contributed by atoms with Crippen molar-refractivity contribution in [3.63, 3.8) is 0 Å². The van der Waals surface area contributed by atoms with Crippen LogP contribution in [0.5, 0.6) is 0 Å². The average molecular weight is 343 g/mol. The lowest BCUT2D eigenvalue weighted by Gasteiger charge is -2.38. The van der Waals surface area contributed by atoms with Crippen molar-refractivity contribution in [1.29, 1.82) is 0 Å². The van der Waals surface area contributed by atoms with Gasteiger partial charge in [0.25, 0.3) is 0 Å². The van der Waals surface area contributed by atoms with Crippen LogP contribution in [-0.2, 0) is 10.2 Å². The second-order valence-corrected chi connectivity index (χ2v) is 6.53. The summed E-state index contributed by atoms with van der Waals surface area (Å²) in [7, 11) is 1.85. The van der Waals surface area contributed by atoms with Crippen molar-refractivity contribution in [3.05, 3.63) is 35.6 Å². The summed E-state index contributed by atoms with van der Waals surface area (Å²) in [5, 5.41) is 6.12. The third kappa shape index (κ3) is 5.18. The monoisotopic (exact) mass is 342 g/mol. The first-order valence-corrected chi connectivity index (χ1v) is 8.26. The van der Waals surface area contributed by atoms with Crippen molar-refractivity contribution in [2.24, 2.45) is 5.92 Å². The van der Waals surface area contributed by atoms with Crippen LogP contribution in [0.3, 0.4) is 0 Å². The van der Waals surface area contributed by atoms with E-state index in [1.807, 2.05) is 20.0 Å². The van der Waals surface area contributed by atoms with Gasteiger partial charge in [-0.25, -0.2) is 4.39 Å². The van der Waals surface area contributed by atoms with E-state index in [0.29, 0.717) is 13.1 Å². The number of benzene rings is 1. The predicted octanol–water partition coefficient (Wildman–Crippen LogP) is 3.42. The Hall–Kier alpha value is -1.13. The van der Waals surface area contributed by atoms with Gasteiger partial charge in [0.2, 0.25) is 5.91 Å². The molecule has 0 radical (unpaired) electrons. The Labute approximate surface area is 144 Å². The van der Waals surface area contributed by atoms with E-state index >= 15 is 0 Å². The molecule has 2 rings (SSSR count).